The van der Waals surface area contributed by atoms with Crippen molar-refractivity contribution in [1.29, 1.82) is 0 Å². The Labute approximate surface area is 220 Å². The summed E-state index contributed by atoms with van der Waals surface area (Å²) in [7, 11) is 1.55. The highest BCUT2D eigenvalue weighted by molar-refractivity contribution is 5.58. The molecule has 0 saturated carbocycles. The SMILES string of the molecule is CCOC(C)(OC)Oc1ccc(C=CC=Cc2ccc(OC(C)(C)c3ccc(C=CO)cc3)cc2)cc1. The van der Waals surface area contributed by atoms with Crippen molar-refractivity contribution in [2.24, 2.45) is 0 Å². The van der Waals surface area contributed by atoms with Gasteiger partial charge in [0.1, 0.15) is 17.1 Å². The maximum Gasteiger partial charge on any atom is 0.323 e. The quantitative estimate of drug-likeness (QED) is 0.155. The van der Waals surface area contributed by atoms with Gasteiger partial charge in [-0.15, -0.1) is 0 Å². The van der Waals surface area contributed by atoms with Crippen LogP contribution in [0.25, 0.3) is 18.2 Å². The molecule has 0 amide bonds. The molecule has 0 aromatic heterocycles. The average molecular weight is 501 g/mol. The van der Waals surface area contributed by atoms with Gasteiger partial charge in [-0.05, 0) is 73.4 Å². The highest BCUT2D eigenvalue weighted by Gasteiger charge is 2.26. The van der Waals surface area contributed by atoms with E-state index in [0.717, 1.165) is 34.3 Å². The van der Waals surface area contributed by atoms with E-state index in [-0.39, 0.29) is 0 Å². The molecule has 0 spiro atoms. The van der Waals surface area contributed by atoms with Gasteiger partial charge in [0.2, 0.25) is 0 Å². The van der Waals surface area contributed by atoms with Crippen molar-refractivity contribution in [3.8, 4) is 11.5 Å². The van der Waals surface area contributed by atoms with Crippen LogP contribution in [-0.4, -0.2) is 24.8 Å². The lowest BCUT2D eigenvalue weighted by molar-refractivity contribution is -0.319. The molecule has 0 aliphatic carbocycles. The van der Waals surface area contributed by atoms with Crippen LogP contribution in [0.2, 0.25) is 0 Å². The molecular weight excluding hydrogens is 464 g/mol. The van der Waals surface area contributed by atoms with E-state index in [9.17, 15) is 0 Å². The minimum Gasteiger partial charge on any atom is -0.516 e. The largest absolute Gasteiger partial charge is 0.516 e. The molecule has 194 valence electrons. The fourth-order valence-electron chi connectivity index (χ4n) is 3.67. The van der Waals surface area contributed by atoms with Gasteiger partial charge < -0.3 is 24.1 Å². The highest BCUT2D eigenvalue weighted by atomic mass is 16.9. The molecule has 0 fully saturated rings. The molecule has 1 unspecified atom stereocenters. The number of methoxy groups -OCH3 is 1. The Morgan fingerprint density at radius 3 is 1.59 bits per heavy atom. The third-order valence-corrected chi connectivity index (χ3v) is 5.78. The minimum atomic E-state index is -1.10. The molecule has 3 rings (SSSR count). The molecule has 5 heteroatoms. The van der Waals surface area contributed by atoms with E-state index in [1.807, 2.05) is 118 Å². The van der Waals surface area contributed by atoms with E-state index in [1.165, 1.54) is 0 Å². The molecule has 1 atom stereocenters. The van der Waals surface area contributed by atoms with Crippen molar-refractivity contribution in [2.75, 3.05) is 13.7 Å². The second-order valence-corrected chi connectivity index (χ2v) is 9.01. The van der Waals surface area contributed by atoms with Crippen LogP contribution >= 0.6 is 0 Å². The van der Waals surface area contributed by atoms with Gasteiger partial charge in [-0.1, -0.05) is 72.8 Å². The molecule has 0 heterocycles. The average Bonchev–Trinajstić information content (AvgIpc) is 2.89. The van der Waals surface area contributed by atoms with Crippen molar-refractivity contribution in [3.05, 3.63) is 113 Å². The molecule has 0 aliphatic heterocycles. The van der Waals surface area contributed by atoms with Crippen LogP contribution in [0.4, 0.5) is 0 Å². The number of benzene rings is 3. The Hall–Kier alpha value is -3.80. The van der Waals surface area contributed by atoms with Gasteiger partial charge in [-0.25, -0.2) is 0 Å². The number of rotatable bonds is 12. The summed E-state index contributed by atoms with van der Waals surface area (Å²) in [6, 6.07) is 23.7. The minimum absolute atomic E-state index is 0.491. The Balaban J connectivity index is 1.55. The monoisotopic (exact) mass is 500 g/mol. The summed E-state index contributed by atoms with van der Waals surface area (Å²) in [5.74, 6) is 0.370. The summed E-state index contributed by atoms with van der Waals surface area (Å²) >= 11 is 0. The van der Waals surface area contributed by atoms with E-state index < -0.39 is 11.6 Å². The number of allylic oxidation sites excluding steroid dienone is 2. The number of hydrogen-bond donors (Lipinski definition) is 1. The predicted molar refractivity (Wildman–Crippen MR) is 150 cm³/mol. The fourth-order valence-corrected chi connectivity index (χ4v) is 3.67. The first-order valence-electron chi connectivity index (χ1n) is 12.3. The van der Waals surface area contributed by atoms with Crippen molar-refractivity contribution in [1.82, 2.24) is 0 Å². The Bertz CT molecular complexity index is 1190. The fraction of sp³-hybridized carbons (Fsp3) is 0.250. The first-order chi connectivity index (χ1) is 17.8. The van der Waals surface area contributed by atoms with Crippen LogP contribution in [-0.2, 0) is 15.1 Å². The molecule has 0 aliphatic rings. The van der Waals surface area contributed by atoms with Crippen molar-refractivity contribution in [2.45, 2.75) is 39.3 Å². The van der Waals surface area contributed by atoms with Gasteiger partial charge in [0.05, 0.1) is 12.9 Å². The summed E-state index contributed by atoms with van der Waals surface area (Å²) in [6.07, 6.45) is 10.8. The van der Waals surface area contributed by atoms with Crippen LogP contribution in [0.1, 0.15) is 49.9 Å². The smallest absolute Gasteiger partial charge is 0.323 e. The van der Waals surface area contributed by atoms with Crippen LogP contribution in [0.5, 0.6) is 11.5 Å². The van der Waals surface area contributed by atoms with Crippen molar-refractivity contribution in [3.63, 3.8) is 0 Å². The van der Waals surface area contributed by atoms with E-state index >= 15 is 0 Å². The molecule has 5 nitrogen and oxygen atoms in total. The van der Waals surface area contributed by atoms with Crippen molar-refractivity contribution >= 4 is 18.2 Å². The predicted octanol–water partition coefficient (Wildman–Crippen LogP) is 7.99. The highest BCUT2D eigenvalue weighted by Crippen LogP contribution is 2.28. The zero-order chi connectivity index (χ0) is 26.7. The summed E-state index contributed by atoms with van der Waals surface area (Å²) in [5, 5.41) is 8.92. The van der Waals surface area contributed by atoms with Gasteiger partial charge in [0, 0.05) is 14.0 Å². The lowest BCUT2D eigenvalue weighted by Crippen LogP contribution is -2.37. The van der Waals surface area contributed by atoms with Crippen LogP contribution in [0.3, 0.4) is 0 Å². The molecule has 3 aromatic rings. The molecule has 1 N–H and O–H groups in total. The van der Waals surface area contributed by atoms with Crippen LogP contribution in [0.15, 0.2) is 91.2 Å². The topological polar surface area (TPSA) is 57.2 Å². The standard InChI is InChI=1S/C32H36O5/c1-6-35-32(4,34-5)37-30-21-15-26(16-22-30)10-8-7-9-25-13-19-29(20-14-25)36-31(2,3)28-17-11-27(12-18-28)23-24-33/h7-24,33H,6H2,1-5H3. The molecule has 37 heavy (non-hydrogen) atoms. The van der Waals surface area contributed by atoms with E-state index in [2.05, 4.69) is 0 Å². The number of hydrogen-bond acceptors (Lipinski definition) is 5. The first-order valence-corrected chi connectivity index (χ1v) is 12.3. The lowest BCUT2D eigenvalue weighted by atomic mass is 9.96. The van der Waals surface area contributed by atoms with Gasteiger partial charge >= 0.3 is 5.97 Å². The van der Waals surface area contributed by atoms with E-state index in [0.29, 0.717) is 12.4 Å². The molecule has 0 bridgehead atoms. The van der Waals surface area contributed by atoms with E-state index in [4.69, 9.17) is 24.1 Å². The van der Waals surface area contributed by atoms with Crippen LogP contribution in [0, 0.1) is 0 Å². The second-order valence-electron chi connectivity index (χ2n) is 9.01. The third-order valence-electron chi connectivity index (χ3n) is 5.78. The first kappa shape index (κ1) is 27.8. The van der Waals surface area contributed by atoms with Gasteiger partial charge in [0.15, 0.2) is 0 Å². The summed E-state index contributed by atoms with van der Waals surface area (Å²) in [4.78, 5) is 0. The van der Waals surface area contributed by atoms with Gasteiger partial charge in [-0.2, -0.15) is 0 Å². The maximum absolute atomic E-state index is 8.92. The van der Waals surface area contributed by atoms with Gasteiger partial charge in [0.25, 0.3) is 0 Å². The number of ether oxygens (including phenoxy) is 4. The molecule has 3 aromatic carbocycles. The Kier molecular flexibility index (Phi) is 9.72. The summed E-state index contributed by atoms with van der Waals surface area (Å²) in [6.45, 7) is 8.20. The zero-order valence-electron chi connectivity index (χ0n) is 22.2. The number of aliphatic hydroxyl groups is 1. The normalized spacial score (nSPS) is 13.9. The zero-order valence-corrected chi connectivity index (χ0v) is 22.2. The summed E-state index contributed by atoms with van der Waals surface area (Å²) < 4.78 is 22.9. The van der Waals surface area contributed by atoms with Crippen LogP contribution < -0.4 is 9.47 Å². The van der Waals surface area contributed by atoms with E-state index in [1.54, 1.807) is 20.1 Å². The second kappa shape index (κ2) is 12.9. The third kappa shape index (κ3) is 8.38. The Morgan fingerprint density at radius 1 is 0.676 bits per heavy atom. The maximum atomic E-state index is 8.92. The molecular formula is C32H36O5. The van der Waals surface area contributed by atoms with Gasteiger partial charge in [-0.3, -0.25) is 0 Å². The number of aliphatic hydroxyl groups excluding tert-OH is 1. The molecule has 0 radical (unpaired) electrons. The lowest BCUT2D eigenvalue weighted by Gasteiger charge is -2.28. The summed E-state index contributed by atoms with van der Waals surface area (Å²) in [5.41, 5.74) is 3.63. The Morgan fingerprint density at radius 2 is 1.14 bits per heavy atom. The van der Waals surface area contributed by atoms with Crippen molar-refractivity contribution < 1.29 is 24.1 Å². The molecule has 0 saturated heterocycles.